The Morgan fingerprint density at radius 3 is 2.23 bits per heavy atom. The Kier molecular flexibility index (Phi) is 7.73. The van der Waals surface area contributed by atoms with Gasteiger partial charge in [0.05, 0.1) is 0 Å². The van der Waals surface area contributed by atoms with Crippen molar-refractivity contribution < 1.29 is 4.79 Å². The molecule has 1 N–H and O–H groups in total. The van der Waals surface area contributed by atoms with Gasteiger partial charge in [0.25, 0.3) is 5.91 Å². The lowest BCUT2D eigenvalue weighted by Gasteiger charge is -2.22. The van der Waals surface area contributed by atoms with E-state index in [1.165, 1.54) is 25.7 Å². The van der Waals surface area contributed by atoms with Gasteiger partial charge in [0.2, 0.25) is 0 Å². The van der Waals surface area contributed by atoms with E-state index in [4.69, 9.17) is 0 Å². The smallest absolute Gasteiger partial charge is 0.253 e. The number of nitrogens with zero attached hydrogens (tertiary/aromatic N) is 3. The second-order valence-corrected chi connectivity index (χ2v) is 7.51. The molecule has 1 saturated heterocycles. The van der Waals surface area contributed by atoms with Crippen LogP contribution in [0.4, 0.5) is 0 Å². The molecule has 1 aromatic carbocycles. The lowest BCUT2D eigenvalue weighted by Crippen LogP contribution is -2.39. The van der Waals surface area contributed by atoms with E-state index in [9.17, 15) is 4.79 Å². The number of benzene rings is 1. The molecular weight excluding hydrogens is 439 g/mol. The number of carbonyl (C=O) groups excluding carboxylic acids is 1. The molecule has 3 rings (SSSR count). The first-order chi connectivity index (χ1) is 12.1. The SMILES string of the molecule is CN=C(NCc1ccc(C(=O)N(C)C)cc1)N1CC2CCCCC2C1.I. The highest BCUT2D eigenvalue weighted by atomic mass is 127. The van der Waals surface area contributed by atoms with Gasteiger partial charge in [-0.2, -0.15) is 0 Å². The van der Waals surface area contributed by atoms with Gasteiger partial charge in [-0.1, -0.05) is 25.0 Å². The van der Waals surface area contributed by atoms with Crippen LogP contribution in [0, 0.1) is 11.8 Å². The molecule has 0 aromatic heterocycles. The number of aliphatic imine (C=N–C) groups is 1. The monoisotopic (exact) mass is 470 g/mol. The van der Waals surface area contributed by atoms with E-state index in [-0.39, 0.29) is 29.9 Å². The normalized spacial score (nSPS) is 22.4. The van der Waals surface area contributed by atoms with Gasteiger partial charge in [0.1, 0.15) is 0 Å². The van der Waals surface area contributed by atoms with Crippen molar-refractivity contribution in [3.05, 3.63) is 35.4 Å². The highest BCUT2D eigenvalue weighted by Crippen LogP contribution is 2.35. The Hall–Kier alpha value is -1.31. The Bertz CT molecular complexity index is 615. The summed E-state index contributed by atoms with van der Waals surface area (Å²) in [5, 5.41) is 3.49. The van der Waals surface area contributed by atoms with Gasteiger partial charge in [-0.3, -0.25) is 9.79 Å². The number of hydrogen-bond acceptors (Lipinski definition) is 2. The first-order valence-corrected chi connectivity index (χ1v) is 9.34. The fourth-order valence-electron chi connectivity index (χ4n) is 4.12. The van der Waals surface area contributed by atoms with Crippen molar-refractivity contribution in [1.82, 2.24) is 15.1 Å². The number of halogens is 1. The first kappa shape index (κ1) is 21.0. The van der Waals surface area contributed by atoms with Crippen LogP contribution >= 0.6 is 24.0 Å². The fraction of sp³-hybridized carbons (Fsp3) is 0.600. The largest absolute Gasteiger partial charge is 0.352 e. The third-order valence-corrected chi connectivity index (χ3v) is 5.55. The van der Waals surface area contributed by atoms with E-state index in [1.807, 2.05) is 31.3 Å². The molecular formula is C20H31IN4O. The van der Waals surface area contributed by atoms with Crippen LogP contribution in [0.5, 0.6) is 0 Å². The molecule has 2 atom stereocenters. The van der Waals surface area contributed by atoms with Crippen LogP contribution in [0.15, 0.2) is 29.3 Å². The van der Waals surface area contributed by atoms with E-state index >= 15 is 0 Å². The lowest BCUT2D eigenvalue weighted by molar-refractivity contribution is 0.0827. The topological polar surface area (TPSA) is 47.9 Å². The predicted octanol–water partition coefficient (Wildman–Crippen LogP) is 3.20. The fourth-order valence-corrected chi connectivity index (χ4v) is 4.12. The summed E-state index contributed by atoms with van der Waals surface area (Å²) in [6.45, 7) is 3.01. The maximum atomic E-state index is 12.0. The van der Waals surface area contributed by atoms with Gasteiger partial charge >= 0.3 is 0 Å². The number of guanidine groups is 1. The standard InChI is InChI=1S/C20H30N4O.HI/c1-21-20(24-13-17-6-4-5-7-18(17)14-24)22-12-15-8-10-16(11-9-15)19(25)23(2)3;/h8-11,17-18H,4-7,12-14H2,1-3H3,(H,21,22);1H. The minimum absolute atomic E-state index is 0. The number of amides is 1. The maximum absolute atomic E-state index is 12.0. The molecule has 2 unspecified atom stereocenters. The molecule has 0 radical (unpaired) electrons. The zero-order valence-corrected chi connectivity index (χ0v) is 18.4. The summed E-state index contributed by atoms with van der Waals surface area (Å²) in [4.78, 5) is 20.5. The molecule has 26 heavy (non-hydrogen) atoms. The molecule has 1 heterocycles. The Morgan fingerprint density at radius 1 is 1.15 bits per heavy atom. The molecule has 6 heteroatoms. The van der Waals surface area contributed by atoms with Crippen molar-refractivity contribution in [3.63, 3.8) is 0 Å². The number of carbonyl (C=O) groups is 1. The average molecular weight is 470 g/mol. The molecule has 1 amide bonds. The zero-order valence-electron chi connectivity index (χ0n) is 16.1. The van der Waals surface area contributed by atoms with Crippen molar-refractivity contribution in [2.24, 2.45) is 16.8 Å². The van der Waals surface area contributed by atoms with Crippen molar-refractivity contribution in [3.8, 4) is 0 Å². The second-order valence-electron chi connectivity index (χ2n) is 7.51. The first-order valence-electron chi connectivity index (χ1n) is 9.34. The number of hydrogen-bond donors (Lipinski definition) is 1. The minimum atomic E-state index is 0. The molecule has 0 bridgehead atoms. The van der Waals surface area contributed by atoms with Crippen molar-refractivity contribution in [2.75, 3.05) is 34.2 Å². The summed E-state index contributed by atoms with van der Waals surface area (Å²) in [7, 11) is 5.41. The summed E-state index contributed by atoms with van der Waals surface area (Å²) in [5.41, 5.74) is 1.88. The zero-order chi connectivity index (χ0) is 17.8. The molecule has 1 aliphatic heterocycles. The van der Waals surface area contributed by atoms with Gasteiger partial charge in [-0.15, -0.1) is 24.0 Å². The van der Waals surface area contributed by atoms with Crippen LogP contribution in [0.25, 0.3) is 0 Å². The summed E-state index contributed by atoms with van der Waals surface area (Å²) in [5.74, 6) is 2.74. The minimum Gasteiger partial charge on any atom is -0.352 e. The average Bonchev–Trinajstić information content (AvgIpc) is 3.06. The predicted molar refractivity (Wildman–Crippen MR) is 117 cm³/mol. The van der Waals surface area contributed by atoms with Crippen LogP contribution in [-0.4, -0.2) is 55.9 Å². The number of likely N-dealkylation sites (tertiary alicyclic amines) is 1. The summed E-state index contributed by atoms with van der Waals surface area (Å²) < 4.78 is 0. The number of rotatable bonds is 3. The van der Waals surface area contributed by atoms with Gasteiger partial charge in [0.15, 0.2) is 5.96 Å². The van der Waals surface area contributed by atoms with E-state index in [0.29, 0.717) is 0 Å². The Labute approximate surface area is 174 Å². The number of nitrogens with one attached hydrogen (secondary N) is 1. The molecule has 1 aliphatic carbocycles. The van der Waals surface area contributed by atoms with E-state index in [1.54, 1.807) is 19.0 Å². The second kappa shape index (κ2) is 9.58. The van der Waals surface area contributed by atoms with Gasteiger partial charge in [-0.25, -0.2) is 0 Å². The highest BCUT2D eigenvalue weighted by Gasteiger charge is 2.35. The molecule has 0 spiro atoms. The van der Waals surface area contributed by atoms with Gasteiger partial charge in [0, 0.05) is 46.3 Å². The van der Waals surface area contributed by atoms with Crippen LogP contribution in [0.1, 0.15) is 41.6 Å². The number of fused-ring (bicyclic) bond motifs is 1. The highest BCUT2D eigenvalue weighted by molar-refractivity contribution is 14.0. The van der Waals surface area contributed by atoms with Crippen LogP contribution in [0.2, 0.25) is 0 Å². The van der Waals surface area contributed by atoms with Crippen molar-refractivity contribution in [2.45, 2.75) is 32.2 Å². The third kappa shape index (κ3) is 4.90. The van der Waals surface area contributed by atoms with E-state index in [0.717, 1.165) is 48.6 Å². The summed E-state index contributed by atoms with van der Waals surface area (Å²) in [6, 6.07) is 7.82. The van der Waals surface area contributed by atoms with E-state index in [2.05, 4.69) is 15.2 Å². The van der Waals surface area contributed by atoms with E-state index < -0.39 is 0 Å². The quantitative estimate of drug-likeness (QED) is 0.420. The Balaban J connectivity index is 0.00000243. The summed E-state index contributed by atoms with van der Waals surface area (Å²) in [6.07, 6.45) is 5.52. The third-order valence-electron chi connectivity index (χ3n) is 5.55. The molecule has 1 aromatic rings. The molecule has 2 fully saturated rings. The molecule has 144 valence electrons. The van der Waals surface area contributed by atoms with Gasteiger partial charge in [-0.05, 0) is 42.4 Å². The van der Waals surface area contributed by atoms with Crippen LogP contribution in [0.3, 0.4) is 0 Å². The molecule has 5 nitrogen and oxygen atoms in total. The van der Waals surface area contributed by atoms with Gasteiger partial charge < -0.3 is 15.1 Å². The van der Waals surface area contributed by atoms with Crippen LogP contribution < -0.4 is 5.32 Å². The van der Waals surface area contributed by atoms with Crippen molar-refractivity contribution in [1.29, 1.82) is 0 Å². The maximum Gasteiger partial charge on any atom is 0.253 e. The molecule has 2 aliphatic rings. The lowest BCUT2D eigenvalue weighted by atomic mass is 9.82. The van der Waals surface area contributed by atoms with Crippen LogP contribution in [-0.2, 0) is 6.54 Å². The molecule has 1 saturated carbocycles. The summed E-state index contributed by atoms with van der Waals surface area (Å²) >= 11 is 0. The van der Waals surface area contributed by atoms with Crippen molar-refractivity contribution >= 4 is 35.8 Å². The Morgan fingerprint density at radius 2 is 1.73 bits per heavy atom.